The van der Waals surface area contributed by atoms with Crippen LogP contribution < -0.4 is 0 Å². The van der Waals surface area contributed by atoms with Crippen molar-refractivity contribution in [1.82, 2.24) is 19.6 Å². The van der Waals surface area contributed by atoms with Crippen molar-refractivity contribution < 1.29 is 13.9 Å². The van der Waals surface area contributed by atoms with Gasteiger partial charge in [0.2, 0.25) is 5.89 Å². The van der Waals surface area contributed by atoms with Crippen LogP contribution in [0.25, 0.3) is 17.0 Å². The SMILES string of the molecule is CSc1nc(C(=O)OC(C)c2nnc(-c3ccc(C)cc3)o2)c2ccccn12. The molecule has 3 aromatic heterocycles. The van der Waals surface area contributed by atoms with Gasteiger partial charge in [-0.05, 0) is 44.4 Å². The molecule has 1 unspecified atom stereocenters. The van der Waals surface area contributed by atoms with Crippen LogP contribution in [0, 0.1) is 6.92 Å². The van der Waals surface area contributed by atoms with E-state index in [9.17, 15) is 4.79 Å². The molecule has 1 atom stereocenters. The Morgan fingerprint density at radius 2 is 1.96 bits per heavy atom. The first-order valence-electron chi connectivity index (χ1n) is 8.69. The maximum Gasteiger partial charge on any atom is 0.360 e. The molecule has 0 saturated heterocycles. The van der Waals surface area contributed by atoms with E-state index in [1.807, 2.05) is 66.2 Å². The minimum atomic E-state index is -0.697. The number of carbonyl (C=O) groups is 1. The number of benzene rings is 1. The van der Waals surface area contributed by atoms with Crippen molar-refractivity contribution >= 4 is 23.2 Å². The van der Waals surface area contributed by atoms with E-state index in [0.29, 0.717) is 11.4 Å². The molecular weight excluding hydrogens is 376 g/mol. The van der Waals surface area contributed by atoms with Gasteiger partial charge in [0.1, 0.15) is 0 Å². The number of carbonyl (C=O) groups excluding carboxylic acids is 1. The van der Waals surface area contributed by atoms with Crippen LogP contribution in [-0.2, 0) is 4.74 Å². The van der Waals surface area contributed by atoms with Crippen LogP contribution in [0.3, 0.4) is 0 Å². The number of nitrogens with zero attached hydrogens (tertiary/aromatic N) is 4. The van der Waals surface area contributed by atoms with Crippen LogP contribution in [0.2, 0.25) is 0 Å². The van der Waals surface area contributed by atoms with Crippen LogP contribution in [0.4, 0.5) is 0 Å². The summed E-state index contributed by atoms with van der Waals surface area (Å²) in [7, 11) is 0. The minimum absolute atomic E-state index is 0.234. The Morgan fingerprint density at radius 1 is 1.18 bits per heavy atom. The van der Waals surface area contributed by atoms with Gasteiger partial charge in [0, 0.05) is 11.8 Å². The Kier molecular flexibility index (Phi) is 4.87. The molecular formula is C20H18N4O3S. The van der Waals surface area contributed by atoms with Gasteiger partial charge in [-0.1, -0.05) is 35.5 Å². The third-order valence-corrected chi connectivity index (χ3v) is 4.92. The average molecular weight is 394 g/mol. The Labute approximate surface area is 165 Å². The number of thioether (sulfide) groups is 1. The Hall–Kier alpha value is -3.13. The van der Waals surface area contributed by atoms with Crippen molar-refractivity contribution in [3.8, 4) is 11.5 Å². The third kappa shape index (κ3) is 3.38. The molecule has 0 aliphatic heterocycles. The summed E-state index contributed by atoms with van der Waals surface area (Å²) >= 11 is 1.46. The number of aromatic nitrogens is 4. The molecule has 0 fully saturated rings. The number of fused-ring (bicyclic) bond motifs is 1. The number of hydrogen-bond acceptors (Lipinski definition) is 7. The molecule has 28 heavy (non-hydrogen) atoms. The zero-order chi connectivity index (χ0) is 19.7. The van der Waals surface area contributed by atoms with Crippen LogP contribution in [-0.4, -0.2) is 31.8 Å². The van der Waals surface area contributed by atoms with Gasteiger partial charge in [-0.25, -0.2) is 9.78 Å². The van der Waals surface area contributed by atoms with E-state index in [4.69, 9.17) is 9.15 Å². The normalized spacial score (nSPS) is 12.2. The van der Waals surface area contributed by atoms with E-state index in [1.165, 1.54) is 11.8 Å². The summed E-state index contributed by atoms with van der Waals surface area (Å²) in [6.07, 6.45) is 3.07. The predicted octanol–water partition coefficient (Wildman–Crippen LogP) is 4.33. The molecule has 0 spiro atoms. The van der Waals surface area contributed by atoms with Crippen LogP contribution in [0.1, 0.15) is 35.0 Å². The first-order chi connectivity index (χ1) is 13.6. The fourth-order valence-corrected chi connectivity index (χ4v) is 3.32. The van der Waals surface area contributed by atoms with Crippen LogP contribution in [0.15, 0.2) is 58.2 Å². The van der Waals surface area contributed by atoms with Gasteiger partial charge < -0.3 is 9.15 Å². The van der Waals surface area contributed by atoms with Gasteiger partial charge in [0.15, 0.2) is 17.0 Å². The Morgan fingerprint density at radius 3 is 2.71 bits per heavy atom. The van der Waals surface area contributed by atoms with E-state index in [2.05, 4.69) is 15.2 Å². The number of esters is 1. The van der Waals surface area contributed by atoms with Gasteiger partial charge in [0.25, 0.3) is 5.89 Å². The van der Waals surface area contributed by atoms with Crippen molar-refractivity contribution in [3.05, 3.63) is 65.8 Å². The molecule has 4 aromatic rings. The fraction of sp³-hybridized carbons (Fsp3) is 0.200. The Bertz CT molecular complexity index is 1130. The number of aryl methyl sites for hydroxylation is 1. The first kappa shape index (κ1) is 18.2. The molecule has 0 aliphatic carbocycles. The fourth-order valence-electron chi connectivity index (χ4n) is 2.78. The second-order valence-corrected chi connectivity index (χ2v) is 7.04. The van der Waals surface area contributed by atoms with Crippen molar-refractivity contribution in [3.63, 3.8) is 0 Å². The highest BCUT2D eigenvalue weighted by molar-refractivity contribution is 7.98. The average Bonchev–Trinajstić information content (AvgIpc) is 3.34. The lowest BCUT2D eigenvalue weighted by Gasteiger charge is -2.08. The van der Waals surface area contributed by atoms with E-state index in [-0.39, 0.29) is 11.6 Å². The molecule has 0 amide bonds. The highest BCUT2D eigenvalue weighted by Crippen LogP contribution is 2.25. The second kappa shape index (κ2) is 7.47. The van der Waals surface area contributed by atoms with Gasteiger partial charge >= 0.3 is 5.97 Å². The summed E-state index contributed by atoms with van der Waals surface area (Å²) in [4.78, 5) is 17.1. The third-order valence-electron chi connectivity index (χ3n) is 4.26. The monoisotopic (exact) mass is 394 g/mol. The molecule has 4 rings (SSSR count). The summed E-state index contributed by atoms with van der Waals surface area (Å²) in [5.41, 5.74) is 2.90. The highest BCUT2D eigenvalue weighted by Gasteiger charge is 2.24. The molecule has 0 N–H and O–H groups in total. The number of hydrogen-bond donors (Lipinski definition) is 0. The molecule has 1 aromatic carbocycles. The number of pyridine rings is 1. The number of rotatable bonds is 5. The molecule has 0 aliphatic rings. The number of ether oxygens (including phenoxy) is 1. The molecule has 0 saturated carbocycles. The van der Waals surface area contributed by atoms with E-state index >= 15 is 0 Å². The van der Waals surface area contributed by atoms with E-state index in [1.54, 1.807) is 6.92 Å². The molecule has 0 bridgehead atoms. The van der Waals surface area contributed by atoms with Gasteiger partial charge in [-0.3, -0.25) is 4.40 Å². The summed E-state index contributed by atoms with van der Waals surface area (Å²) in [6.45, 7) is 3.70. The second-order valence-electron chi connectivity index (χ2n) is 6.26. The summed E-state index contributed by atoms with van der Waals surface area (Å²) < 4.78 is 13.1. The largest absolute Gasteiger partial charge is 0.448 e. The van der Waals surface area contributed by atoms with Crippen molar-refractivity contribution in [2.45, 2.75) is 25.1 Å². The maximum absolute atomic E-state index is 12.7. The minimum Gasteiger partial charge on any atom is -0.448 e. The predicted molar refractivity (Wildman–Crippen MR) is 105 cm³/mol. The molecule has 8 heteroatoms. The smallest absolute Gasteiger partial charge is 0.360 e. The summed E-state index contributed by atoms with van der Waals surface area (Å²) in [5, 5.41) is 8.79. The van der Waals surface area contributed by atoms with E-state index < -0.39 is 12.1 Å². The lowest BCUT2D eigenvalue weighted by Crippen LogP contribution is -2.10. The lowest BCUT2D eigenvalue weighted by atomic mass is 10.1. The van der Waals surface area contributed by atoms with Crippen LogP contribution >= 0.6 is 11.8 Å². The molecule has 0 radical (unpaired) electrons. The highest BCUT2D eigenvalue weighted by atomic mass is 32.2. The lowest BCUT2D eigenvalue weighted by molar-refractivity contribution is 0.0275. The molecule has 3 heterocycles. The van der Waals surface area contributed by atoms with Gasteiger partial charge in [0.05, 0.1) is 5.52 Å². The summed E-state index contributed by atoms with van der Waals surface area (Å²) in [5.74, 6) is 0.0825. The zero-order valence-corrected chi connectivity index (χ0v) is 16.4. The first-order valence-corrected chi connectivity index (χ1v) is 9.92. The molecule has 7 nitrogen and oxygen atoms in total. The van der Waals surface area contributed by atoms with Gasteiger partial charge in [-0.2, -0.15) is 0 Å². The topological polar surface area (TPSA) is 82.5 Å². The molecule has 142 valence electrons. The maximum atomic E-state index is 12.7. The summed E-state index contributed by atoms with van der Waals surface area (Å²) in [6, 6.07) is 13.3. The van der Waals surface area contributed by atoms with Crippen molar-refractivity contribution in [2.24, 2.45) is 0 Å². The Balaban J connectivity index is 1.55. The standard InChI is InChI=1S/C20H18N4O3S/c1-12-7-9-14(10-8-12)18-23-22-17(27-18)13(2)26-19(25)16-15-6-4-5-11-24(15)20(21-16)28-3/h4-11,13H,1-3H3. The van der Waals surface area contributed by atoms with Crippen molar-refractivity contribution in [1.29, 1.82) is 0 Å². The number of imidazole rings is 1. The quantitative estimate of drug-likeness (QED) is 0.368. The van der Waals surface area contributed by atoms with Crippen LogP contribution in [0.5, 0.6) is 0 Å². The van der Waals surface area contributed by atoms with Gasteiger partial charge in [-0.15, -0.1) is 10.2 Å². The zero-order valence-electron chi connectivity index (χ0n) is 15.6. The van der Waals surface area contributed by atoms with Crippen molar-refractivity contribution in [2.75, 3.05) is 6.26 Å². The van der Waals surface area contributed by atoms with E-state index in [0.717, 1.165) is 16.3 Å².